The minimum absolute atomic E-state index is 0.00559. The van der Waals surface area contributed by atoms with Crippen molar-refractivity contribution in [3.05, 3.63) is 23.8 Å². The van der Waals surface area contributed by atoms with E-state index in [0.29, 0.717) is 38.7 Å². The minimum Gasteiger partial charge on any atom is -0.367 e. The van der Waals surface area contributed by atoms with Crippen molar-refractivity contribution < 1.29 is 31.9 Å². The summed E-state index contributed by atoms with van der Waals surface area (Å²) in [5, 5.41) is 2.93. The van der Waals surface area contributed by atoms with Crippen molar-refractivity contribution in [1.82, 2.24) is 15.1 Å². The topological polar surface area (TPSA) is 61.9 Å². The minimum atomic E-state index is -4.58. The van der Waals surface area contributed by atoms with E-state index in [0.717, 1.165) is 18.6 Å². The van der Waals surface area contributed by atoms with Crippen LogP contribution < -0.4 is 5.32 Å². The second kappa shape index (κ2) is 7.00. The molecule has 3 heterocycles. The van der Waals surface area contributed by atoms with Gasteiger partial charge >= 0.3 is 12.2 Å². The van der Waals surface area contributed by atoms with Gasteiger partial charge in [-0.2, -0.15) is 13.2 Å². The average molecular weight is 417 g/mol. The second-order valence-electron chi connectivity index (χ2n) is 8.36. The average Bonchev–Trinajstić information content (AvgIpc) is 2.95. The summed E-state index contributed by atoms with van der Waals surface area (Å²) in [6.45, 7) is 3.66. The summed E-state index contributed by atoms with van der Waals surface area (Å²) in [6.07, 6.45) is -4.20. The molecule has 10 heteroatoms. The van der Waals surface area contributed by atoms with Crippen molar-refractivity contribution in [3.63, 3.8) is 0 Å². The maximum Gasteiger partial charge on any atom is 0.416 e. The third-order valence-electron chi connectivity index (χ3n) is 6.15. The van der Waals surface area contributed by atoms with Crippen molar-refractivity contribution in [2.45, 2.75) is 49.9 Å². The molecule has 29 heavy (non-hydrogen) atoms. The van der Waals surface area contributed by atoms with Crippen LogP contribution in [0.4, 0.5) is 22.4 Å². The standard InChI is InChI=1S/C19H23F4N3O3/c1-11(29-15-3-2-13(6-14(15)20)19(21,22)23)12-7-25(8-12)17(28)26-9-18(10-26)5-4-16(27)24-18/h2-3,6,11-12,14-15H,4-5,7-10H2,1H3,(H,24,27). The van der Waals surface area contributed by atoms with Gasteiger partial charge in [0.05, 0.1) is 17.2 Å². The zero-order valence-corrected chi connectivity index (χ0v) is 15.9. The van der Waals surface area contributed by atoms with Crippen LogP contribution in [0.25, 0.3) is 0 Å². The lowest BCUT2D eigenvalue weighted by atomic mass is 9.88. The molecule has 160 valence electrons. The summed E-state index contributed by atoms with van der Waals surface area (Å²) in [5.74, 6) is 0.0150. The summed E-state index contributed by atoms with van der Waals surface area (Å²) < 4.78 is 57.6. The van der Waals surface area contributed by atoms with Crippen LogP contribution in [0.3, 0.4) is 0 Å². The molecule has 0 aromatic rings. The number of nitrogens with one attached hydrogen (secondary N) is 1. The molecule has 3 atom stereocenters. The van der Waals surface area contributed by atoms with Gasteiger partial charge < -0.3 is 19.9 Å². The Labute approximate surface area is 165 Å². The third kappa shape index (κ3) is 3.86. The molecule has 0 radical (unpaired) electrons. The molecule has 3 unspecified atom stereocenters. The largest absolute Gasteiger partial charge is 0.416 e. The van der Waals surface area contributed by atoms with Crippen LogP contribution in [0.5, 0.6) is 0 Å². The Hall–Kier alpha value is -2.10. The molecule has 6 nitrogen and oxygen atoms in total. The molecule has 3 fully saturated rings. The van der Waals surface area contributed by atoms with Gasteiger partial charge in [-0.3, -0.25) is 4.79 Å². The van der Waals surface area contributed by atoms with E-state index >= 15 is 0 Å². The maximum atomic E-state index is 14.1. The van der Waals surface area contributed by atoms with E-state index in [9.17, 15) is 27.2 Å². The van der Waals surface area contributed by atoms with Gasteiger partial charge in [-0.15, -0.1) is 0 Å². The third-order valence-corrected chi connectivity index (χ3v) is 6.15. The van der Waals surface area contributed by atoms with Crippen LogP contribution in [-0.2, 0) is 9.53 Å². The zero-order valence-electron chi connectivity index (χ0n) is 15.9. The number of nitrogens with zero attached hydrogens (tertiary/aromatic N) is 2. The molecular weight excluding hydrogens is 394 g/mol. The first-order valence-electron chi connectivity index (χ1n) is 9.68. The molecule has 1 aliphatic carbocycles. The van der Waals surface area contributed by atoms with Crippen LogP contribution in [-0.4, -0.2) is 78.0 Å². The number of hydrogen-bond donors (Lipinski definition) is 1. The SMILES string of the molecule is CC(OC1C=CC(C(F)(F)F)=CC1F)C1CN(C(=O)N2CC3(CCC(=O)N3)C2)C1. The Morgan fingerprint density at radius 2 is 2.00 bits per heavy atom. The first kappa shape index (κ1) is 20.2. The van der Waals surface area contributed by atoms with E-state index in [1.165, 1.54) is 0 Å². The van der Waals surface area contributed by atoms with Crippen LogP contribution in [0, 0.1) is 5.92 Å². The van der Waals surface area contributed by atoms with Gasteiger partial charge in [-0.25, -0.2) is 9.18 Å². The molecule has 3 aliphatic heterocycles. The predicted octanol–water partition coefficient (Wildman–Crippen LogP) is 2.17. The summed E-state index contributed by atoms with van der Waals surface area (Å²) in [4.78, 5) is 27.2. The number of rotatable bonds is 3. The molecule has 1 N–H and O–H groups in total. The summed E-state index contributed by atoms with van der Waals surface area (Å²) in [5.41, 5.74) is -1.27. The van der Waals surface area contributed by atoms with Gasteiger partial charge in [0, 0.05) is 38.5 Å². The van der Waals surface area contributed by atoms with Crippen LogP contribution >= 0.6 is 0 Å². The van der Waals surface area contributed by atoms with E-state index in [4.69, 9.17) is 4.74 Å². The van der Waals surface area contributed by atoms with Crippen LogP contribution in [0.15, 0.2) is 23.8 Å². The lowest BCUT2D eigenvalue weighted by Crippen LogP contribution is -2.71. The van der Waals surface area contributed by atoms with Gasteiger partial charge in [0.25, 0.3) is 0 Å². The van der Waals surface area contributed by atoms with Crippen molar-refractivity contribution in [2.75, 3.05) is 26.2 Å². The number of ether oxygens (including phenoxy) is 1. The zero-order chi connectivity index (χ0) is 21.0. The number of likely N-dealkylation sites (tertiary alicyclic amines) is 2. The van der Waals surface area contributed by atoms with Crippen molar-refractivity contribution in [2.24, 2.45) is 5.92 Å². The summed E-state index contributed by atoms with van der Waals surface area (Å²) in [7, 11) is 0. The molecule has 4 rings (SSSR count). The highest BCUT2D eigenvalue weighted by molar-refractivity contribution is 5.82. The summed E-state index contributed by atoms with van der Waals surface area (Å²) in [6, 6.07) is -0.0982. The lowest BCUT2D eigenvalue weighted by molar-refractivity contribution is -0.120. The highest BCUT2D eigenvalue weighted by Crippen LogP contribution is 2.34. The van der Waals surface area contributed by atoms with E-state index in [1.807, 2.05) is 0 Å². The normalized spacial score (nSPS) is 30.0. The Balaban J connectivity index is 1.21. The highest BCUT2D eigenvalue weighted by Gasteiger charge is 2.51. The predicted molar refractivity (Wildman–Crippen MR) is 94.6 cm³/mol. The van der Waals surface area contributed by atoms with Gasteiger partial charge in [-0.1, -0.05) is 12.2 Å². The van der Waals surface area contributed by atoms with E-state index < -0.39 is 30.1 Å². The lowest BCUT2D eigenvalue weighted by Gasteiger charge is -2.52. The maximum absolute atomic E-state index is 14.1. The Kier molecular flexibility index (Phi) is 4.87. The fourth-order valence-electron chi connectivity index (χ4n) is 4.29. The van der Waals surface area contributed by atoms with E-state index in [-0.39, 0.29) is 23.4 Å². The first-order valence-corrected chi connectivity index (χ1v) is 9.68. The first-order chi connectivity index (χ1) is 13.6. The molecule has 1 spiro atoms. The number of carbonyl (C=O) groups is 2. The Morgan fingerprint density at radius 1 is 1.31 bits per heavy atom. The Bertz CT molecular complexity index is 754. The monoisotopic (exact) mass is 417 g/mol. The van der Waals surface area contributed by atoms with Crippen LogP contribution in [0.1, 0.15) is 19.8 Å². The highest BCUT2D eigenvalue weighted by atomic mass is 19.4. The number of alkyl halides is 4. The van der Waals surface area contributed by atoms with Gasteiger partial charge in [0.2, 0.25) is 5.91 Å². The molecule has 0 aromatic carbocycles. The Morgan fingerprint density at radius 3 is 2.55 bits per heavy atom. The van der Waals surface area contributed by atoms with Crippen LogP contribution in [0.2, 0.25) is 0 Å². The fourth-order valence-corrected chi connectivity index (χ4v) is 4.29. The molecular formula is C19H23F4N3O3. The molecule has 3 amide bonds. The molecule has 0 aromatic heterocycles. The molecule has 0 bridgehead atoms. The summed E-state index contributed by atoms with van der Waals surface area (Å²) >= 11 is 0. The number of urea groups is 1. The number of carbonyl (C=O) groups excluding carboxylic acids is 2. The second-order valence-corrected chi connectivity index (χ2v) is 8.36. The fraction of sp³-hybridized carbons (Fsp3) is 0.684. The molecule has 3 saturated heterocycles. The molecule has 0 saturated carbocycles. The number of halogens is 4. The van der Waals surface area contributed by atoms with Crippen molar-refractivity contribution in [3.8, 4) is 0 Å². The molecule has 4 aliphatic rings. The van der Waals surface area contributed by atoms with E-state index in [2.05, 4.69) is 5.32 Å². The smallest absolute Gasteiger partial charge is 0.367 e. The van der Waals surface area contributed by atoms with Gasteiger partial charge in [0.1, 0.15) is 12.3 Å². The van der Waals surface area contributed by atoms with Crippen molar-refractivity contribution in [1.29, 1.82) is 0 Å². The number of hydrogen-bond acceptors (Lipinski definition) is 3. The number of amides is 3. The van der Waals surface area contributed by atoms with E-state index in [1.54, 1.807) is 16.7 Å². The van der Waals surface area contributed by atoms with Crippen molar-refractivity contribution >= 4 is 11.9 Å². The number of allylic oxidation sites excluding steroid dienone is 2. The van der Waals surface area contributed by atoms with Gasteiger partial charge in [-0.05, 0) is 19.4 Å². The quantitative estimate of drug-likeness (QED) is 0.716. The van der Waals surface area contributed by atoms with Gasteiger partial charge in [0.15, 0.2) is 0 Å².